The third-order valence-electron chi connectivity index (χ3n) is 3.53. The average Bonchev–Trinajstić information content (AvgIpc) is 2.37. The van der Waals surface area contributed by atoms with Gasteiger partial charge in [0.25, 0.3) is 0 Å². The normalized spacial score (nSPS) is 14.1. The fourth-order valence-corrected chi connectivity index (χ4v) is 2.85. The van der Waals surface area contributed by atoms with Crippen molar-refractivity contribution in [1.29, 1.82) is 0 Å². The summed E-state index contributed by atoms with van der Waals surface area (Å²) < 4.78 is 23.4. The third-order valence-corrected chi connectivity index (χ3v) is 6.12. The van der Waals surface area contributed by atoms with Gasteiger partial charge in [-0.1, -0.05) is 26.2 Å². The Morgan fingerprint density at radius 3 is 2.26 bits per heavy atom. The van der Waals surface area contributed by atoms with E-state index in [9.17, 15) is 8.42 Å². The SMILES string of the molecule is CCCCCC(C)NC(=NCCS(=O)(=O)C(C)(C)C)NCC.I. The quantitative estimate of drug-likeness (QED) is 0.239. The molecule has 0 spiro atoms. The summed E-state index contributed by atoms with van der Waals surface area (Å²) in [5.74, 6) is 0.785. The molecule has 0 bridgehead atoms. The highest BCUT2D eigenvalue weighted by molar-refractivity contribution is 14.0. The van der Waals surface area contributed by atoms with E-state index in [1.54, 1.807) is 20.8 Å². The van der Waals surface area contributed by atoms with Crippen LogP contribution in [0.15, 0.2) is 4.99 Å². The van der Waals surface area contributed by atoms with Crippen LogP contribution in [0.4, 0.5) is 0 Å². The topological polar surface area (TPSA) is 70.6 Å². The van der Waals surface area contributed by atoms with Gasteiger partial charge in [0.2, 0.25) is 0 Å². The van der Waals surface area contributed by atoms with Gasteiger partial charge >= 0.3 is 0 Å². The first kappa shape index (κ1) is 25.2. The van der Waals surface area contributed by atoms with Gasteiger partial charge in [0, 0.05) is 12.6 Å². The van der Waals surface area contributed by atoms with E-state index in [0.717, 1.165) is 13.0 Å². The maximum atomic E-state index is 12.1. The summed E-state index contributed by atoms with van der Waals surface area (Å²) in [6, 6.07) is 0.337. The van der Waals surface area contributed by atoms with Crippen molar-refractivity contribution in [2.75, 3.05) is 18.8 Å². The molecular formula is C16H36IN3O2S. The fourth-order valence-electron chi connectivity index (χ4n) is 1.91. The minimum absolute atomic E-state index is 0. The Kier molecular flexibility index (Phi) is 13.5. The highest BCUT2D eigenvalue weighted by Crippen LogP contribution is 2.15. The van der Waals surface area contributed by atoms with Crippen LogP contribution in [0.25, 0.3) is 0 Å². The minimum Gasteiger partial charge on any atom is -0.357 e. The number of aliphatic imine (C=N–C) groups is 1. The van der Waals surface area contributed by atoms with Crippen LogP contribution in [0.2, 0.25) is 0 Å². The van der Waals surface area contributed by atoms with Gasteiger partial charge in [-0.05, 0) is 41.0 Å². The van der Waals surface area contributed by atoms with Gasteiger partial charge in [0.15, 0.2) is 15.8 Å². The maximum Gasteiger partial charge on any atom is 0.191 e. The molecule has 0 aromatic carbocycles. The number of hydrogen-bond acceptors (Lipinski definition) is 3. The summed E-state index contributed by atoms with van der Waals surface area (Å²) in [5.41, 5.74) is 0. The summed E-state index contributed by atoms with van der Waals surface area (Å²) in [5, 5.41) is 6.52. The van der Waals surface area contributed by atoms with Gasteiger partial charge in [-0.3, -0.25) is 4.99 Å². The van der Waals surface area contributed by atoms with Crippen LogP contribution < -0.4 is 10.6 Å². The molecule has 0 saturated heterocycles. The van der Waals surface area contributed by atoms with Crippen molar-refractivity contribution in [3.8, 4) is 0 Å². The molecule has 140 valence electrons. The Morgan fingerprint density at radius 1 is 1.17 bits per heavy atom. The molecule has 0 fully saturated rings. The molecule has 0 amide bonds. The first-order valence-corrected chi connectivity index (χ1v) is 10.1. The van der Waals surface area contributed by atoms with Gasteiger partial charge in [-0.15, -0.1) is 24.0 Å². The van der Waals surface area contributed by atoms with Gasteiger partial charge in [0.1, 0.15) is 0 Å². The number of halogens is 1. The second-order valence-electron chi connectivity index (χ2n) is 6.73. The zero-order chi connectivity index (χ0) is 17.2. The molecule has 1 unspecified atom stereocenters. The molecule has 0 aliphatic rings. The second-order valence-corrected chi connectivity index (χ2v) is 9.60. The number of unbranched alkanes of at least 4 members (excludes halogenated alkanes) is 2. The van der Waals surface area contributed by atoms with E-state index >= 15 is 0 Å². The van der Waals surface area contributed by atoms with Crippen LogP contribution in [-0.4, -0.2) is 44.0 Å². The summed E-state index contributed by atoms with van der Waals surface area (Å²) in [6.45, 7) is 12.6. The lowest BCUT2D eigenvalue weighted by atomic mass is 10.1. The molecule has 0 aromatic rings. The third kappa shape index (κ3) is 11.2. The second kappa shape index (κ2) is 12.3. The van der Waals surface area contributed by atoms with E-state index in [1.165, 1.54) is 19.3 Å². The molecule has 0 aliphatic heterocycles. The highest BCUT2D eigenvalue weighted by atomic mass is 127. The summed E-state index contributed by atoms with van der Waals surface area (Å²) in [6.07, 6.45) is 4.75. The molecular weight excluding hydrogens is 425 g/mol. The number of rotatable bonds is 9. The number of nitrogens with one attached hydrogen (secondary N) is 2. The number of sulfone groups is 1. The summed E-state index contributed by atoms with van der Waals surface area (Å²) in [7, 11) is -3.12. The first-order chi connectivity index (χ1) is 10.1. The molecule has 0 radical (unpaired) electrons. The Balaban J connectivity index is 0. The van der Waals surface area contributed by atoms with Crippen LogP contribution in [0.1, 0.15) is 67.2 Å². The maximum absolute atomic E-state index is 12.1. The zero-order valence-electron chi connectivity index (χ0n) is 15.6. The average molecular weight is 461 g/mol. The van der Waals surface area contributed by atoms with Crippen molar-refractivity contribution in [2.45, 2.75) is 78.0 Å². The highest BCUT2D eigenvalue weighted by Gasteiger charge is 2.28. The molecule has 1 atom stereocenters. The monoisotopic (exact) mass is 461 g/mol. The van der Waals surface area contributed by atoms with Gasteiger partial charge in [-0.2, -0.15) is 0 Å². The smallest absolute Gasteiger partial charge is 0.191 e. The van der Waals surface area contributed by atoms with Crippen LogP contribution in [0.5, 0.6) is 0 Å². The van der Waals surface area contributed by atoms with E-state index in [1.807, 2.05) is 6.92 Å². The lowest BCUT2D eigenvalue weighted by Gasteiger charge is -2.20. The molecule has 0 aliphatic carbocycles. The number of nitrogens with zero attached hydrogens (tertiary/aromatic N) is 1. The lowest BCUT2D eigenvalue weighted by molar-refractivity contribution is 0.546. The van der Waals surface area contributed by atoms with E-state index in [4.69, 9.17) is 0 Å². The molecule has 23 heavy (non-hydrogen) atoms. The van der Waals surface area contributed by atoms with Crippen LogP contribution in [0, 0.1) is 0 Å². The zero-order valence-corrected chi connectivity index (χ0v) is 18.8. The Labute approximate surface area is 160 Å². The standard InChI is InChI=1S/C16H35N3O2S.HI/c1-7-9-10-11-14(3)19-15(17-8-2)18-12-13-22(20,21)16(4,5)6;/h14H,7-13H2,1-6H3,(H2,17,18,19);1H. The van der Waals surface area contributed by atoms with E-state index < -0.39 is 14.6 Å². The van der Waals surface area contributed by atoms with Crippen LogP contribution in [0.3, 0.4) is 0 Å². The summed E-state index contributed by atoms with van der Waals surface area (Å²) in [4.78, 5) is 4.40. The molecule has 0 rings (SSSR count). The summed E-state index contributed by atoms with van der Waals surface area (Å²) >= 11 is 0. The van der Waals surface area contributed by atoms with E-state index in [0.29, 0.717) is 12.0 Å². The molecule has 7 heteroatoms. The van der Waals surface area contributed by atoms with E-state index in [2.05, 4.69) is 29.5 Å². The van der Waals surface area contributed by atoms with Crippen LogP contribution >= 0.6 is 24.0 Å². The lowest BCUT2D eigenvalue weighted by Crippen LogP contribution is -2.42. The van der Waals surface area contributed by atoms with E-state index in [-0.39, 0.29) is 36.3 Å². The Hall–Kier alpha value is -0.0500. The van der Waals surface area contributed by atoms with Crippen molar-refractivity contribution >= 4 is 39.8 Å². The van der Waals surface area contributed by atoms with Crippen molar-refractivity contribution < 1.29 is 8.42 Å². The van der Waals surface area contributed by atoms with Gasteiger partial charge in [-0.25, -0.2) is 8.42 Å². The fraction of sp³-hybridized carbons (Fsp3) is 0.938. The first-order valence-electron chi connectivity index (χ1n) is 8.41. The predicted molar refractivity (Wildman–Crippen MR) is 112 cm³/mol. The minimum atomic E-state index is -3.12. The van der Waals surface area contributed by atoms with Crippen molar-refractivity contribution in [3.05, 3.63) is 0 Å². The van der Waals surface area contributed by atoms with Gasteiger partial charge in [0.05, 0.1) is 17.0 Å². The van der Waals surface area contributed by atoms with Gasteiger partial charge < -0.3 is 10.6 Å². The predicted octanol–water partition coefficient (Wildman–Crippen LogP) is 3.34. The van der Waals surface area contributed by atoms with Crippen molar-refractivity contribution in [3.63, 3.8) is 0 Å². The van der Waals surface area contributed by atoms with Crippen LogP contribution in [-0.2, 0) is 9.84 Å². The Bertz CT molecular complexity index is 431. The molecule has 0 saturated carbocycles. The largest absolute Gasteiger partial charge is 0.357 e. The molecule has 0 heterocycles. The molecule has 5 nitrogen and oxygen atoms in total. The van der Waals surface area contributed by atoms with Crippen molar-refractivity contribution in [1.82, 2.24) is 10.6 Å². The Morgan fingerprint density at radius 2 is 1.78 bits per heavy atom. The van der Waals surface area contributed by atoms with Crippen molar-refractivity contribution in [2.24, 2.45) is 4.99 Å². The molecule has 2 N–H and O–H groups in total. The number of hydrogen-bond donors (Lipinski definition) is 2. The number of guanidine groups is 1. The molecule has 0 aromatic heterocycles.